The van der Waals surface area contributed by atoms with Gasteiger partial charge in [-0.1, -0.05) is 40.9 Å². The van der Waals surface area contributed by atoms with Crippen molar-refractivity contribution in [2.45, 2.75) is 25.7 Å². The maximum absolute atomic E-state index is 12.2. The highest BCUT2D eigenvalue weighted by atomic mass is 79.9. The van der Waals surface area contributed by atoms with E-state index in [-0.39, 0.29) is 12.5 Å². The fourth-order valence-electron chi connectivity index (χ4n) is 2.84. The molecule has 0 aromatic heterocycles. The predicted molar refractivity (Wildman–Crippen MR) is 92.2 cm³/mol. The first-order chi connectivity index (χ1) is 10.7. The Morgan fingerprint density at radius 1 is 1.00 bits per heavy atom. The second-order valence-electron chi connectivity index (χ2n) is 5.74. The van der Waals surface area contributed by atoms with Crippen molar-refractivity contribution in [1.82, 2.24) is 4.90 Å². The van der Waals surface area contributed by atoms with Crippen molar-refractivity contribution in [3.63, 3.8) is 0 Å². The van der Waals surface area contributed by atoms with Crippen LogP contribution in [-0.2, 0) is 4.79 Å². The molecule has 2 aromatic carbocycles. The first kappa shape index (κ1) is 15.3. The molecule has 0 N–H and O–H groups in total. The van der Waals surface area contributed by atoms with Gasteiger partial charge in [-0.2, -0.15) is 0 Å². The third-order valence-electron chi connectivity index (χ3n) is 4.09. The molecular weight excluding hydrogens is 342 g/mol. The van der Waals surface area contributed by atoms with Gasteiger partial charge in [-0.25, -0.2) is 0 Å². The molecule has 1 saturated heterocycles. The highest BCUT2D eigenvalue weighted by molar-refractivity contribution is 9.10. The van der Waals surface area contributed by atoms with Gasteiger partial charge in [0.25, 0.3) is 5.91 Å². The van der Waals surface area contributed by atoms with E-state index >= 15 is 0 Å². The van der Waals surface area contributed by atoms with Crippen LogP contribution in [0.15, 0.2) is 40.9 Å². The number of halogens is 1. The summed E-state index contributed by atoms with van der Waals surface area (Å²) in [6, 6.07) is 12.0. The van der Waals surface area contributed by atoms with E-state index < -0.39 is 0 Å². The summed E-state index contributed by atoms with van der Waals surface area (Å²) < 4.78 is 6.76. The number of carbonyl (C=O) groups excluding carboxylic acids is 1. The Hall–Kier alpha value is -1.55. The fourth-order valence-corrected chi connectivity index (χ4v) is 3.22. The summed E-state index contributed by atoms with van der Waals surface area (Å²) in [7, 11) is 0. The van der Waals surface area contributed by atoms with Crippen LogP contribution >= 0.6 is 15.9 Å². The molecule has 0 saturated carbocycles. The molecule has 2 aromatic rings. The van der Waals surface area contributed by atoms with Gasteiger partial charge in [0.15, 0.2) is 6.61 Å². The lowest BCUT2D eigenvalue weighted by molar-refractivity contribution is -0.133. The lowest BCUT2D eigenvalue weighted by atomic mass is 10.1. The van der Waals surface area contributed by atoms with Crippen LogP contribution in [0, 0.1) is 0 Å². The van der Waals surface area contributed by atoms with Crippen molar-refractivity contribution in [1.29, 1.82) is 0 Å². The van der Waals surface area contributed by atoms with Crippen LogP contribution in [0.25, 0.3) is 10.8 Å². The number of hydrogen-bond acceptors (Lipinski definition) is 2. The molecule has 3 nitrogen and oxygen atoms in total. The van der Waals surface area contributed by atoms with Crippen molar-refractivity contribution >= 4 is 32.6 Å². The summed E-state index contributed by atoms with van der Waals surface area (Å²) in [5, 5.41) is 2.27. The SMILES string of the molecule is O=C(COc1ccc2cc(Br)ccc2c1)N1CCCCCC1. The highest BCUT2D eigenvalue weighted by Gasteiger charge is 2.15. The van der Waals surface area contributed by atoms with Crippen LogP contribution in [0.2, 0.25) is 0 Å². The minimum Gasteiger partial charge on any atom is -0.484 e. The monoisotopic (exact) mass is 361 g/mol. The minimum atomic E-state index is 0.0952. The summed E-state index contributed by atoms with van der Waals surface area (Å²) in [5.41, 5.74) is 0. The number of nitrogens with zero attached hydrogens (tertiary/aromatic N) is 1. The number of hydrogen-bond donors (Lipinski definition) is 0. The lowest BCUT2D eigenvalue weighted by Gasteiger charge is -2.20. The molecule has 0 aliphatic carbocycles. The van der Waals surface area contributed by atoms with E-state index in [1.165, 1.54) is 12.8 Å². The molecule has 0 bridgehead atoms. The van der Waals surface area contributed by atoms with Crippen molar-refractivity contribution in [3.05, 3.63) is 40.9 Å². The Balaban J connectivity index is 1.63. The average Bonchev–Trinajstić information content (AvgIpc) is 2.82. The van der Waals surface area contributed by atoms with Gasteiger partial charge in [-0.05, 0) is 47.9 Å². The van der Waals surface area contributed by atoms with Gasteiger partial charge in [0.2, 0.25) is 0 Å². The van der Waals surface area contributed by atoms with Crippen LogP contribution in [0.4, 0.5) is 0 Å². The molecule has 116 valence electrons. The molecule has 0 unspecified atom stereocenters. The van der Waals surface area contributed by atoms with Gasteiger partial charge in [-0.15, -0.1) is 0 Å². The second kappa shape index (κ2) is 7.14. The molecule has 1 aliphatic rings. The van der Waals surface area contributed by atoms with Crippen LogP contribution < -0.4 is 4.74 Å². The van der Waals surface area contributed by atoms with Gasteiger partial charge >= 0.3 is 0 Å². The zero-order valence-corrected chi connectivity index (χ0v) is 14.1. The van der Waals surface area contributed by atoms with Crippen LogP contribution in [0.5, 0.6) is 5.75 Å². The topological polar surface area (TPSA) is 29.5 Å². The first-order valence-electron chi connectivity index (χ1n) is 7.82. The average molecular weight is 362 g/mol. The number of amides is 1. The third kappa shape index (κ3) is 3.80. The largest absolute Gasteiger partial charge is 0.484 e. The molecule has 3 rings (SSSR count). The predicted octanol–water partition coefficient (Wildman–Crippen LogP) is 4.38. The van der Waals surface area contributed by atoms with Gasteiger partial charge < -0.3 is 9.64 Å². The van der Waals surface area contributed by atoms with E-state index in [1.807, 2.05) is 35.2 Å². The summed E-state index contributed by atoms with van der Waals surface area (Å²) >= 11 is 3.47. The van der Waals surface area contributed by atoms with Crippen molar-refractivity contribution in [2.24, 2.45) is 0 Å². The number of ether oxygens (including phenoxy) is 1. The summed E-state index contributed by atoms with van der Waals surface area (Å²) in [5.74, 6) is 0.843. The number of rotatable bonds is 3. The van der Waals surface area contributed by atoms with Gasteiger partial charge in [-0.3, -0.25) is 4.79 Å². The van der Waals surface area contributed by atoms with Crippen molar-refractivity contribution in [3.8, 4) is 5.75 Å². The van der Waals surface area contributed by atoms with E-state index in [4.69, 9.17) is 4.74 Å². The fraction of sp³-hybridized carbons (Fsp3) is 0.389. The quantitative estimate of drug-likeness (QED) is 0.811. The standard InChI is InChI=1S/C18H20BrNO2/c19-16-7-5-15-12-17(8-6-14(15)11-16)22-13-18(21)20-9-3-1-2-4-10-20/h5-8,11-12H,1-4,9-10,13H2. The molecule has 1 aliphatic heterocycles. The lowest BCUT2D eigenvalue weighted by Crippen LogP contribution is -2.35. The minimum absolute atomic E-state index is 0.0952. The van der Waals surface area contributed by atoms with E-state index in [1.54, 1.807) is 0 Å². The Morgan fingerprint density at radius 2 is 1.68 bits per heavy atom. The number of carbonyl (C=O) groups is 1. The Bertz CT molecular complexity index is 663. The van der Waals surface area contributed by atoms with E-state index in [0.29, 0.717) is 0 Å². The van der Waals surface area contributed by atoms with Crippen molar-refractivity contribution in [2.75, 3.05) is 19.7 Å². The first-order valence-corrected chi connectivity index (χ1v) is 8.61. The zero-order valence-electron chi connectivity index (χ0n) is 12.6. The second-order valence-corrected chi connectivity index (χ2v) is 6.65. The normalized spacial score (nSPS) is 15.6. The Morgan fingerprint density at radius 3 is 2.45 bits per heavy atom. The zero-order chi connectivity index (χ0) is 15.4. The molecule has 4 heteroatoms. The number of benzene rings is 2. The molecule has 1 fully saturated rings. The molecule has 1 amide bonds. The molecule has 0 spiro atoms. The summed E-state index contributed by atoms with van der Waals surface area (Å²) in [6.07, 6.45) is 4.67. The van der Waals surface area contributed by atoms with Crippen LogP contribution in [0.3, 0.4) is 0 Å². The molecule has 22 heavy (non-hydrogen) atoms. The van der Waals surface area contributed by atoms with Gasteiger partial charge in [0.05, 0.1) is 0 Å². The van der Waals surface area contributed by atoms with E-state index in [9.17, 15) is 4.79 Å². The van der Waals surface area contributed by atoms with E-state index in [0.717, 1.165) is 46.9 Å². The van der Waals surface area contributed by atoms with Crippen LogP contribution in [-0.4, -0.2) is 30.5 Å². The van der Waals surface area contributed by atoms with Crippen LogP contribution in [0.1, 0.15) is 25.7 Å². The van der Waals surface area contributed by atoms with Gasteiger partial charge in [0.1, 0.15) is 5.75 Å². The summed E-state index contributed by atoms with van der Waals surface area (Å²) in [6.45, 7) is 1.86. The van der Waals surface area contributed by atoms with Gasteiger partial charge in [0, 0.05) is 17.6 Å². The molecule has 0 radical (unpaired) electrons. The maximum atomic E-state index is 12.2. The van der Waals surface area contributed by atoms with Crippen molar-refractivity contribution < 1.29 is 9.53 Å². The number of fused-ring (bicyclic) bond motifs is 1. The molecule has 0 atom stereocenters. The molecular formula is C18H20BrNO2. The smallest absolute Gasteiger partial charge is 0.260 e. The van der Waals surface area contributed by atoms with E-state index in [2.05, 4.69) is 22.0 Å². The number of likely N-dealkylation sites (tertiary alicyclic amines) is 1. The molecule has 1 heterocycles. The maximum Gasteiger partial charge on any atom is 0.260 e. The third-order valence-corrected chi connectivity index (χ3v) is 4.59. The highest BCUT2D eigenvalue weighted by Crippen LogP contribution is 2.24. The summed E-state index contributed by atoms with van der Waals surface area (Å²) in [4.78, 5) is 14.2. The Kier molecular flexibility index (Phi) is 4.98. The Labute approximate surface area is 139 Å².